The molecule has 0 saturated carbocycles. The number of ether oxygens (including phenoxy) is 2. The molecule has 4 nitrogen and oxygen atoms in total. The Morgan fingerprint density at radius 1 is 0.952 bits per heavy atom. The summed E-state index contributed by atoms with van der Waals surface area (Å²) in [5, 5.41) is 10.2. The van der Waals surface area contributed by atoms with Crippen LogP contribution in [0.1, 0.15) is 11.7 Å². The highest BCUT2D eigenvalue weighted by molar-refractivity contribution is 7.85. The van der Waals surface area contributed by atoms with Crippen LogP contribution in [0.2, 0.25) is 0 Å². The van der Waals surface area contributed by atoms with Crippen LogP contribution in [-0.2, 0) is 10.8 Å². The molecule has 0 amide bonds. The van der Waals surface area contributed by atoms with Crippen LogP contribution in [0.3, 0.4) is 0 Å². The van der Waals surface area contributed by atoms with Crippen molar-refractivity contribution < 1.29 is 18.8 Å². The highest BCUT2D eigenvalue weighted by Crippen LogP contribution is 2.21. The summed E-state index contributed by atoms with van der Waals surface area (Å²) in [5.41, 5.74) is 0.720. The Morgan fingerprint density at radius 3 is 1.90 bits per heavy atom. The Balaban J connectivity index is 2.03. The van der Waals surface area contributed by atoms with Gasteiger partial charge in [-0.25, -0.2) is 0 Å². The van der Waals surface area contributed by atoms with Gasteiger partial charge in [0.05, 0.1) is 36.9 Å². The lowest BCUT2D eigenvalue weighted by Gasteiger charge is -2.11. The van der Waals surface area contributed by atoms with Crippen molar-refractivity contribution in [2.24, 2.45) is 0 Å². The van der Waals surface area contributed by atoms with E-state index in [2.05, 4.69) is 0 Å². The number of rotatable bonds is 6. The maximum absolute atomic E-state index is 12.2. The number of hydrogen-bond donors (Lipinski definition) is 1. The molecule has 5 heteroatoms. The Morgan fingerprint density at radius 2 is 1.43 bits per heavy atom. The van der Waals surface area contributed by atoms with E-state index >= 15 is 0 Å². The summed E-state index contributed by atoms with van der Waals surface area (Å²) >= 11 is 0. The second-order valence-electron chi connectivity index (χ2n) is 4.48. The molecular weight excluding hydrogens is 288 g/mol. The lowest BCUT2D eigenvalue weighted by molar-refractivity contribution is 0.203. The smallest absolute Gasteiger partial charge is 0.118 e. The molecule has 2 unspecified atom stereocenters. The number of hydrogen-bond acceptors (Lipinski definition) is 4. The number of aliphatic hydroxyl groups excluding tert-OH is 1. The number of aliphatic hydroxyl groups is 1. The molecule has 2 rings (SSSR count). The molecule has 0 bridgehead atoms. The van der Waals surface area contributed by atoms with Crippen molar-refractivity contribution >= 4 is 10.8 Å². The molecule has 0 aromatic heterocycles. The average molecular weight is 306 g/mol. The highest BCUT2D eigenvalue weighted by atomic mass is 32.2. The van der Waals surface area contributed by atoms with Gasteiger partial charge >= 0.3 is 0 Å². The first-order valence-electron chi connectivity index (χ1n) is 6.48. The lowest BCUT2D eigenvalue weighted by atomic mass is 10.1. The summed E-state index contributed by atoms with van der Waals surface area (Å²) < 4.78 is 22.4. The minimum atomic E-state index is -1.27. The predicted molar refractivity (Wildman–Crippen MR) is 82.2 cm³/mol. The zero-order valence-electron chi connectivity index (χ0n) is 12.0. The lowest BCUT2D eigenvalue weighted by Crippen LogP contribution is -2.09. The fourth-order valence-electron chi connectivity index (χ4n) is 1.89. The standard InChI is InChI=1S/C16H18O4S/c1-19-13-5-3-12(4-6-13)16(17)11-21(18)15-9-7-14(20-2)8-10-15/h3-10,16-17H,11H2,1-2H3. The zero-order valence-corrected chi connectivity index (χ0v) is 12.8. The van der Waals surface area contributed by atoms with E-state index in [1.807, 2.05) is 0 Å². The van der Waals surface area contributed by atoms with Crippen LogP contribution in [0.25, 0.3) is 0 Å². The van der Waals surface area contributed by atoms with E-state index < -0.39 is 16.9 Å². The van der Waals surface area contributed by atoms with Crippen LogP contribution in [0, 0.1) is 0 Å². The second kappa shape index (κ2) is 7.24. The van der Waals surface area contributed by atoms with Gasteiger partial charge in [-0.15, -0.1) is 0 Å². The first-order chi connectivity index (χ1) is 10.1. The molecule has 1 N–H and O–H groups in total. The third-order valence-electron chi connectivity index (χ3n) is 3.13. The molecule has 0 aliphatic rings. The van der Waals surface area contributed by atoms with Gasteiger partial charge in [0.1, 0.15) is 11.5 Å². The number of methoxy groups -OCH3 is 2. The molecule has 21 heavy (non-hydrogen) atoms. The van der Waals surface area contributed by atoms with Crippen molar-refractivity contribution in [3.8, 4) is 11.5 Å². The molecule has 2 aromatic carbocycles. The van der Waals surface area contributed by atoms with Crippen LogP contribution >= 0.6 is 0 Å². The van der Waals surface area contributed by atoms with Gasteiger partial charge in [0.15, 0.2) is 0 Å². The average Bonchev–Trinajstić information content (AvgIpc) is 2.55. The van der Waals surface area contributed by atoms with Gasteiger partial charge in [-0.3, -0.25) is 4.21 Å². The normalized spacial score (nSPS) is 13.5. The maximum atomic E-state index is 12.2. The molecule has 0 aliphatic heterocycles. The zero-order chi connectivity index (χ0) is 15.2. The molecule has 0 aliphatic carbocycles. The molecule has 2 aromatic rings. The van der Waals surface area contributed by atoms with Crippen LogP contribution < -0.4 is 9.47 Å². The van der Waals surface area contributed by atoms with E-state index in [1.54, 1.807) is 62.8 Å². The Kier molecular flexibility index (Phi) is 5.36. The Bertz CT molecular complexity index is 593. The van der Waals surface area contributed by atoms with Crippen LogP contribution in [0.5, 0.6) is 11.5 Å². The summed E-state index contributed by atoms with van der Waals surface area (Å²) in [6.45, 7) is 0. The molecule has 0 saturated heterocycles. The molecular formula is C16H18O4S. The van der Waals surface area contributed by atoms with E-state index in [0.29, 0.717) is 10.6 Å². The first kappa shape index (κ1) is 15.5. The van der Waals surface area contributed by atoms with Gasteiger partial charge in [-0.05, 0) is 42.0 Å². The topological polar surface area (TPSA) is 55.8 Å². The first-order valence-corrected chi connectivity index (χ1v) is 7.80. The largest absolute Gasteiger partial charge is 0.497 e. The third kappa shape index (κ3) is 4.06. The summed E-state index contributed by atoms with van der Waals surface area (Å²) in [7, 11) is 1.90. The molecule has 112 valence electrons. The summed E-state index contributed by atoms with van der Waals surface area (Å²) in [5.74, 6) is 1.59. The SMILES string of the molecule is COc1ccc(C(O)CS(=O)c2ccc(OC)cc2)cc1. The van der Waals surface area contributed by atoms with E-state index in [0.717, 1.165) is 11.3 Å². The quantitative estimate of drug-likeness (QED) is 0.891. The van der Waals surface area contributed by atoms with Crippen LogP contribution in [0.15, 0.2) is 53.4 Å². The van der Waals surface area contributed by atoms with E-state index in [-0.39, 0.29) is 5.75 Å². The van der Waals surface area contributed by atoms with Gasteiger partial charge in [-0.1, -0.05) is 12.1 Å². The van der Waals surface area contributed by atoms with E-state index in [4.69, 9.17) is 9.47 Å². The van der Waals surface area contributed by atoms with E-state index in [9.17, 15) is 9.32 Å². The van der Waals surface area contributed by atoms with Gasteiger partial charge in [0, 0.05) is 4.90 Å². The second-order valence-corrected chi connectivity index (χ2v) is 5.97. The Labute approximate surface area is 126 Å². The summed E-state index contributed by atoms with van der Waals surface area (Å²) in [6.07, 6.45) is -0.779. The van der Waals surface area contributed by atoms with Crippen molar-refractivity contribution in [2.45, 2.75) is 11.0 Å². The van der Waals surface area contributed by atoms with Crippen molar-refractivity contribution in [1.29, 1.82) is 0 Å². The summed E-state index contributed by atoms with van der Waals surface area (Å²) in [6, 6.07) is 14.1. The monoisotopic (exact) mass is 306 g/mol. The molecule has 0 spiro atoms. The van der Waals surface area contributed by atoms with Gasteiger partial charge in [0.25, 0.3) is 0 Å². The Hall–Kier alpha value is -1.85. The van der Waals surface area contributed by atoms with Crippen LogP contribution in [-0.4, -0.2) is 29.3 Å². The number of benzene rings is 2. The summed E-state index contributed by atoms with van der Waals surface area (Å²) in [4.78, 5) is 0.670. The van der Waals surface area contributed by atoms with Crippen molar-refractivity contribution in [3.05, 3.63) is 54.1 Å². The van der Waals surface area contributed by atoms with Crippen molar-refractivity contribution in [1.82, 2.24) is 0 Å². The molecule has 0 heterocycles. The fourth-order valence-corrected chi connectivity index (χ4v) is 3.00. The van der Waals surface area contributed by atoms with Gasteiger partial charge < -0.3 is 14.6 Å². The third-order valence-corrected chi connectivity index (χ3v) is 4.55. The minimum Gasteiger partial charge on any atom is -0.497 e. The molecule has 2 atom stereocenters. The minimum absolute atomic E-state index is 0.151. The predicted octanol–water partition coefficient (Wildman–Crippen LogP) is 2.55. The van der Waals surface area contributed by atoms with Crippen LogP contribution in [0.4, 0.5) is 0 Å². The van der Waals surface area contributed by atoms with Gasteiger partial charge in [0.2, 0.25) is 0 Å². The van der Waals surface area contributed by atoms with E-state index in [1.165, 1.54) is 0 Å². The molecule has 0 radical (unpaired) electrons. The molecule has 0 fully saturated rings. The van der Waals surface area contributed by atoms with Crippen molar-refractivity contribution in [3.63, 3.8) is 0 Å². The van der Waals surface area contributed by atoms with Gasteiger partial charge in [-0.2, -0.15) is 0 Å². The maximum Gasteiger partial charge on any atom is 0.118 e. The highest BCUT2D eigenvalue weighted by Gasteiger charge is 2.13. The van der Waals surface area contributed by atoms with Crippen molar-refractivity contribution in [2.75, 3.05) is 20.0 Å². The fraction of sp³-hybridized carbons (Fsp3) is 0.250.